The molecule has 0 saturated carbocycles. The van der Waals surface area contributed by atoms with E-state index in [1.54, 1.807) is 18.1 Å². The number of nitrogens with two attached hydrogens (primary N) is 1. The largest absolute Gasteiger partial charge is 0.359 e. The van der Waals surface area contributed by atoms with Gasteiger partial charge in [0.2, 0.25) is 17.7 Å². The summed E-state index contributed by atoms with van der Waals surface area (Å²) in [6, 6.07) is 9.80. The van der Waals surface area contributed by atoms with Gasteiger partial charge in [-0.2, -0.15) is 5.10 Å². The van der Waals surface area contributed by atoms with E-state index in [1.165, 1.54) is 0 Å². The van der Waals surface area contributed by atoms with Gasteiger partial charge in [0.15, 0.2) is 0 Å². The molecule has 1 aromatic heterocycles. The van der Waals surface area contributed by atoms with Crippen LogP contribution in [0.25, 0.3) is 0 Å². The van der Waals surface area contributed by atoms with Crippen LogP contribution in [0, 0.1) is 0 Å². The van der Waals surface area contributed by atoms with Crippen LogP contribution in [-0.2, 0) is 14.4 Å². The summed E-state index contributed by atoms with van der Waals surface area (Å²) in [5, 5.41) is 9.64. The summed E-state index contributed by atoms with van der Waals surface area (Å²) in [5.74, 6) is -0.801. The first-order valence-electron chi connectivity index (χ1n) is 10.1. The van der Waals surface area contributed by atoms with Crippen LogP contribution in [0.15, 0.2) is 48.8 Å². The van der Waals surface area contributed by atoms with Crippen LogP contribution in [0.2, 0.25) is 0 Å². The number of hydrogen-bond donors (Lipinski definition) is 3. The first-order valence-corrected chi connectivity index (χ1v) is 10.1. The molecule has 160 valence electrons. The standard InChI is InChI=1S/C21H28N6O3/c1-23-19(28)13-18(15-6-3-2-4-7-15)25-20(29)12-17(22)21(30)26-11-8-16(14-26)27-10-5-9-24-27/h2-7,9-10,16-18H,8,11-14,22H2,1H3,(H,23,28)(H,25,29)/t16-,17?,18?/m0/s1. The van der Waals surface area contributed by atoms with Crippen molar-refractivity contribution in [3.05, 3.63) is 54.4 Å². The maximum absolute atomic E-state index is 12.7. The van der Waals surface area contributed by atoms with Crippen molar-refractivity contribution < 1.29 is 14.4 Å². The quantitative estimate of drug-likeness (QED) is 0.578. The lowest BCUT2D eigenvalue weighted by atomic mass is 10.0. The van der Waals surface area contributed by atoms with Gasteiger partial charge in [0.25, 0.3) is 0 Å². The van der Waals surface area contributed by atoms with Crippen LogP contribution in [0.4, 0.5) is 0 Å². The van der Waals surface area contributed by atoms with Crippen LogP contribution in [0.3, 0.4) is 0 Å². The predicted molar refractivity (Wildman–Crippen MR) is 111 cm³/mol. The first-order chi connectivity index (χ1) is 14.5. The molecule has 3 amide bonds. The second-order valence-corrected chi connectivity index (χ2v) is 7.43. The molecule has 3 atom stereocenters. The smallest absolute Gasteiger partial charge is 0.240 e. The van der Waals surface area contributed by atoms with E-state index in [0.717, 1.165) is 12.0 Å². The molecule has 9 heteroatoms. The Kier molecular flexibility index (Phi) is 7.18. The third-order valence-corrected chi connectivity index (χ3v) is 5.30. The third-order valence-electron chi connectivity index (χ3n) is 5.30. The molecule has 0 aliphatic carbocycles. The Hall–Kier alpha value is -3.20. The van der Waals surface area contributed by atoms with E-state index in [2.05, 4.69) is 15.7 Å². The summed E-state index contributed by atoms with van der Waals surface area (Å²) < 4.78 is 1.84. The van der Waals surface area contributed by atoms with Crippen LogP contribution < -0.4 is 16.4 Å². The zero-order chi connectivity index (χ0) is 21.5. The van der Waals surface area contributed by atoms with Crippen molar-refractivity contribution in [1.82, 2.24) is 25.3 Å². The summed E-state index contributed by atoms with van der Waals surface area (Å²) in [6.45, 7) is 1.11. The van der Waals surface area contributed by atoms with Crippen LogP contribution in [-0.4, -0.2) is 58.6 Å². The van der Waals surface area contributed by atoms with Crippen molar-refractivity contribution >= 4 is 17.7 Å². The summed E-state index contributed by atoms with van der Waals surface area (Å²) in [4.78, 5) is 38.8. The third kappa shape index (κ3) is 5.44. The Morgan fingerprint density at radius 3 is 2.60 bits per heavy atom. The van der Waals surface area contributed by atoms with Crippen molar-refractivity contribution in [2.75, 3.05) is 20.1 Å². The molecular weight excluding hydrogens is 384 g/mol. The van der Waals surface area contributed by atoms with Gasteiger partial charge in [-0.05, 0) is 18.1 Å². The number of rotatable bonds is 8. The zero-order valence-corrected chi connectivity index (χ0v) is 17.0. The highest BCUT2D eigenvalue weighted by Crippen LogP contribution is 2.21. The molecule has 1 fully saturated rings. The number of carbonyl (C=O) groups excluding carboxylic acids is 3. The number of likely N-dealkylation sites (tertiary alicyclic amines) is 1. The van der Waals surface area contributed by atoms with Gasteiger partial charge in [-0.1, -0.05) is 30.3 Å². The Labute approximate surface area is 175 Å². The number of nitrogens with zero attached hydrogens (tertiary/aromatic N) is 3. The highest BCUT2D eigenvalue weighted by Gasteiger charge is 2.31. The Bertz CT molecular complexity index is 855. The molecule has 0 radical (unpaired) electrons. The van der Waals surface area contributed by atoms with E-state index in [1.807, 2.05) is 47.3 Å². The van der Waals surface area contributed by atoms with E-state index < -0.39 is 12.1 Å². The van der Waals surface area contributed by atoms with Crippen molar-refractivity contribution in [2.45, 2.75) is 37.4 Å². The topological polar surface area (TPSA) is 122 Å². The summed E-state index contributed by atoms with van der Waals surface area (Å²) >= 11 is 0. The van der Waals surface area contributed by atoms with E-state index in [4.69, 9.17) is 5.73 Å². The van der Waals surface area contributed by atoms with Crippen molar-refractivity contribution in [2.24, 2.45) is 5.73 Å². The molecule has 1 aliphatic heterocycles. The monoisotopic (exact) mass is 412 g/mol. The van der Waals surface area contributed by atoms with E-state index in [9.17, 15) is 14.4 Å². The lowest BCUT2D eigenvalue weighted by Gasteiger charge is -2.22. The average Bonchev–Trinajstić information content (AvgIpc) is 3.45. The van der Waals surface area contributed by atoms with Crippen LogP contribution in [0.1, 0.15) is 36.9 Å². The molecule has 2 heterocycles. The fraction of sp³-hybridized carbons (Fsp3) is 0.429. The molecule has 0 spiro atoms. The molecule has 1 saturated heterocycles. The van der Waals surface area contributed by atoms with Crippen molar-refractivity contribution in [3.63, 3.8) is 0 Å². The SMILES string of the molecule is CNC(=O)CC(NC(=O)CC(N)C(=O)N1CC[C@H](n2cccn2)C1)c1ccccc1. The maximum atomic E-state index is 12.7. The fourth-order valence-electron chi connectivity index (χ4n) is 3.65. The van der Waals surface area contributed by atoms with Gasteiger partial charge in [0, 0.05) is 32.5 Å². The minimum Gasteiger partial charge on any atom is -0.359 e. The Morgan fingerprint density at radius 2 is 1.93 bits per heavy atom. The lowest BCUT2D eigenvalue weighted by molar-refractivity contribution is -0.134. The summed E-state index contributed by atoms with van der Waals surface area (Å²) in [5.41, 5.74) is 6.87. The molecular formula is C21H28N6O3. The van der Waals surface area contributed by atoms with Gasteiger partial charge in [0.05, 0.1) is 31.0 Å². The van der Waals surface area contributed by atoms with Gasteiger partial charge in [-0.15, -0.1) is 0 Å². The van der Waals surface area contributed by atoms with Gasteiger partial charge in [-0.3, -0.25) is 19.1 Å². The second kappa shape index (κ2) is 10.0. The molecule has 2 aromatic rings. The van der Waals surface area contributed by atoms with Gasteiger partial charge in [-0.25, -0.2) is 0 Å². The van der Waals surface area contributed by atoms with Gasteiger partial charge < -0.3 is 21.3 Å². The normalized spacial score (nSPS) is 17.9. The number of benzene rings is 1. The Morgan fingerprint density at radius 1 is 1.17 bits per heavy atom. The van der Waals surface area contributed by atoms with Crippen molar-refractivity contribution in [3.8, 4) is 0 Å². The fourth-order valence-corrected chi connectivity index (χ4v) is 3.65. The minimum absolute atomic E-state index is 0.104. The second-order valence-electron chi connectivity index (χ2n) is 7.43. The minimum atomic E-state index is -0.933. The van der Waals surface area contributed by atoms with Gasteiger partial charge >= 0.3 is 0 Å². The molecule has 3 rings (SSSR count). The zero-order valence-electron chi connectivity index (χ0n) is 17.0. The summed E-state index contributed by atoms with van der Waals surface area (Å²) in [6.07, 6.45) is 4.35. The molecule has 0 bridgehead atoms. The van der Waals surface area contributed by atoms with Crippen molar-refractivity contribution in [1.29, 1.82) is 0 Å². The highest BCUT2D eigenvalue weighted by molar-refractivity contribution is 5.88. The maximum Gasteiger partial charge on any atom is 0.240 e. The van der Waals surface area contributed by atoms with Crippen LogP contribution in [0.5, 0.6) is 0 Å². The first kappa shape index (κ1) is 21.5. The summed E-state index contributed by atoms with van der Waals surface area (Å²) in [7, 11) is 1.55. The molecule has 2 unspecified atom stereocenters. The van der Waals surface area contributed by atoms with E-state index in [-0.39, 0.29) is 36.6 Å². The van der Waals surface area contributed by atoms with Crippen LogP contribution >= 0.6 is 0 Å². The number of aromatic nitrogens is 2. The number of nitrogens with one attached hydrogen (secondary N) is 2. The molecule has 30 heavy (non-hydrogen) atoms. The molecule has 1 aliphatic rings. The molecule has 4 N–H and O–H groups in total. The molecule has 1 aromatic carbocycles. The highest BCUT2D eigenvalue weighted by atomic mass is 16.2. The Balaban J connectivity index is 1.55. The lowest BCUT2D eigenvalue weighted by Crippen LogP contribution is -2.46. The predicted octanol–water partition coefficient (Wildman–Crippen LogP) is 0.368. The van der Waals surface area contributed by atoms with E-state index >= 15 is 0 Å². The average molecular weight is 412 g/mol. The number of carbonyl (C=O) groups is 3. The number of amides is 3. The van der Waals surface area contributed by atoms with E-state index in [0.29, 0.717) is 13.1 Å². The number of hydrogen-bond acceptors (Lipinski definition) is 5. The van der Waals surface area contributed by atoms with Gasteiger partial charge in [0.1, 0.15) is 0 Å². The molecule has 9 nitrogen and oxygen atoms in total.